The topological polar surface area (TPSA) is 32.9 Å². The highest BCUT2D eigenvalue weighted by molar-refractivity contribution is 9.10. The number of aromatic nitrogens is 1. The largest absolute Gasteiger partial charge is 0.322 e. The van der Waals surface area contributed by atoms with Gasteiger partial charge < -0.3 is 4.98 Å². The second kappa shape index (κ2) is 6.69. The van der Waals surface area contributed by atoms with Crippen LogP contribution in [0.5, 0.6) is 0 Å². The third kappa shape index (κ3) is 3.42. The van der Waals surface area contributed by atoms with Gasteiger partial charge in [-0.15, -0.1) is 0 Å². The summed E-state index contributed by atoms with van der Waals surface area (Å²) in [6.45, 7) is 0. The van der Waals surface area contributed by atoms with Gasteiger partial charge in [0.25, 0.3) is 0 Å². The average Bonchev–Trinajstić information content (AvgIpc) is 2.62. The molecule has 4 rings (SSSR count). The summed E-state index contributed by atoms with van der Waals surface area (Å²) in [5, 5.41) is 1.03. The summed E-state index contributed by atoms with van der Waals surface area (Å²) in [6, 6.07) is 26.4. The maximum Gasteiger partial charge on any atom is 0.249 e. The zero-order chi connectivity index (χ0) is 17.2. The number of rotatable bonds is 3. The lowest BCUT2D eigenvalue weighted by atomic mass is 9.97. The van der Waals surface area contributed by atoms with E-state index in [2.05, 4.69) is 69.4 Å². The van der Waals surface area contributed by atoms with Crippen LogP contribution in [0, 0.1) is 0 Å². The molecule has 0 saturated heterocycles. The highest BCUT2D eigenvalue weighted by Gasteiger charge is 2.08. The number of pyridine rings is 1. The molecule has 122 valence electrons. The van der Waals surface area contributed by atoms with Crippen LogP contribution in [-0.2, 0) is 6.42 Å². The molecule has 3 aromatic carbocycles. The highest BCUT2D eigenvalue weighted by Crippen LogP contribution is 2.29. The van der Waals surface area contributed by atoms with Crippen molar-refractivity contribution in [1.82, 2.24) is 4.98 Å². The Bertz CT molecular complexity index is 1100. The van der Waals surface area contributed by atoms with Crippen molar-refractivity contribution in [1.29, 1.82) is 0 Å². The third-order valence-corrected chi connectivity index (χ3v) is 4.79. The fraction of sp³-hybridized carbons (Fsp3) is 0.0455. The van der Waals surface area contributed by atoms with Gasteiger partial charge in [0.15, 0.2) is 0 Å². The van der Waals surface area contributed by atoms with Gasteiger partial charge in [-0.1, -0.05) is 70.5 Å². The Labute approximate surface area is 154 Å². The fourth-order valence-electron chi connectivity index (χ4n) is 3.15. The van der Waals surface area contributed by atoms with E-state index in [-0.39, 0.29) is 5.56 Å². The van der Waals surface area contributed by atoms with E-state index < -0.39 is 0 Å². The van der Waals surface area contributed by atoms with E-state index in [1.54, 1.807) is 6.07 Å². The summed E-state index contributed by atoms with van der Waals surface area (Å²) in [6.07, 6.45) is 0.875. The standard InChI is InChI=1S/C22H16BrNO/c23-18-9-10-21-20(13-18)19(14-22(25)24-21)17-8-4-7-16(12-17)11-15-5-2-1-3-6-15/h1-10,12-14H,11H2,(H,24,25). The zero-order valence-corrected chi connectivity index (χ0v) is 15.1. The van der Waals surface area contributed by atoms with Crippen molar-refractivity contribution >= 4 is 26.8 Å². The van der Waals surface area contributed by atoms with E-state index in [9.17, 15) is 4.79 Å². The molecule has 0 atom stereocenters. The molecule has 3 heteroatoms. The van der Waals surface area contributed by atoms with E-state index >= 15 is 0 Å². The normalized spacial score (nSPS) is 10.9. The van der Waals surface area contributed by atoms with Gasteiger partial charge in [-0.2, -0.15) is 0 Å². The van der Waals surface area contributed by atoms with Gasteiger partial charge in [0.05, 0.1) is 0 Å². The molecule has 1 N–H and O–H groups in total. The first-order valence-electron chi connectivity index (χ1n) is 8.15. The summed E-state index contributed by atoms with van der Waals surface area (Å²) in [5.74, 6) is 0. The van der Waals surface area contributed by atoms with Crippen LogP contribution < -0.4 is 5.56 Å². The first-order valence-corrected chi connectivity index (χ1v) is 8.94. The molecule has 0 fully saturated rings. The van der Waals surface area contributed by atoms with Crippen LogP contribution >= 0.6 is 15.9 Å². The maximum absolute atomic E-state index is 12.1. The molecule has 4 aromatic rings. The van der Waals surface area contributed by atoms with Gasteiger partial charge in [-0.05, 0) is 46.9 Å². The maximum atomic E-state index is 12.1. The monoisotopic (exact) mass is 389 g/mol. The Hall–Kier alpha value is -2.65. The second-order valence-corrected chi connectivity index (χ2v) is 7.02. The number of halogens is 1. The fourth-order valence-corrected chi connectivity index (χ4v) is 3.51. The molecule has 0 aliphatic rings. The third-order valence-electron chi connectivity index (χ3n) is 4.29. The van der Waals surface area contributed by atoms with Gasteiger partial charge in [0, 0.05) is 21.4 Å². The summed E-state index contributed by atoms with van der Waals surface area (Å²) in [4.78, 5) is 15.0. The zero-order valence-electron chi connectivity index (χ0n) is 13.5. The molecule has 0 spiro atoms. The molecule has 0 saturated carbocycles. The predicted molar refractivity (Wildman–Crippen MR) is 107 cm³/mol. The molecule has 0 amide bonds. The molecule has 0 unspecified atom stereocenters. The van der Waals surface area contributed by atoms with Crippen molar-refractivity contribution in [2.24, 2.45) is 0 Å². The van der Waals surface area contributed by atoms with Gasteiger partial charge in [0.2, 0.25) is 5.56 Å². The number of H-pyrrole nitrogens is 1. The first-order chi connectivity index (χ1) is 12.2. The minimum absolute atomic E-state index is 0.0849. The van der Waals surface area contributed by atoms with Crippen LogP contribution in [0.2, 0.25) is 0 Å². The van der Waals surface area contributed by atoms with Crippen LogP contribution in [0.15, 0.2) is 88.1 Å². The van der Waals surface area contributed by atoms with Gasteiger partial charge >= 0.3 is 0 Å². The molecule has 2 nitrogen and oxygen atoms in total. The Balaban J connectivity index is 1.83. The van der Waals surface area contributed by atoms with E-state index in [4.69, 9.17) is 0 Å². The summed E-state index contributed by atoms with van der Waals surface area (Å²) in [5.41, 5.74) is 5.28. The molecule has 1 heterocycles. The Morgan fingerprint density at radius 3 is 2.44 bits per heavy atom. The lowest BCUT2D eigenvalue weighted by Crippen LogP contribution is -2.04. The van der Waals surface area contributed by atoms with Crippen molar-refractivity contribution in [2.75, 3.05) is 0 Å². The minimum atomic E-state index is -0.0849. The van der Waals surface area contributed by atoms with Crippen molar-refractivity contribution in [3.63, 3.8) is 0 Å². The summed E-state index contributed by atoms with van der Waals surface area (Å²) in [7, 11) is 0. The first kappa shape index (κ1) is 15.9. The smallest absolute Gasteiger partial charge is 0.249 e. The van der Waals surface area contributed by atoms with E-state index in [0.29, 0.717) is 0 Å². The molecule has 0 aliphatic heterocycles. The molecular weight excluding hydrogens is 374 g/mol. The number of hydrogen-bond acceptors (Lipinski definition) is 1. The summed E-state index contributed by atoms with van der Waals surface area (Å²) < 4.78 is 0.994. The highest BCUT2D eigenvalue weighted by atomic mass is 79.9. The average molecular weight is 390 g/mol. The molecule has 25 heavy (non-hydrogen) atoms. The van der Waals surface area contributed by atoms with Gasteiger partial charge in [-0.3, -0.25) is 4.79 Å². The second-order valence-electron chi connectivity index (χ2n) is 6.10. The van der Waals surface area contributed by atoms with Crippen molar-refractivity contribution in [2.45, 2.75) is 6.42 Å². The Kier molecular flexibility index (Phi) is 4.24. The quantitative estimate of drug-likeness (QED) is 0.489. The lowest BCUT2D eigenvalue weighted by molar-refractivity contribution is 1.19. The number of fused-ring (bicyclic) bond motifs is 1. The van der Waals surface area contributed by atoms with E-state index in [1.165, 1.54) is 11.1 Å². The molecule has 0 aliphatic carbocycles. The van der Waals surface area contributed by atoms with Crippen LogP contribution in [0.4, 0.5) is 0 Å². The van der Waals surface area contributed by atoms with Crippen LogP contribution in [0.3, 0.4) is 0 Å². The minimum Gasteiger partial charge on any atom is -0.322 e. The summed E-state index contributed by atoms with van der Waals surface area (Å²) >= 11 is 3.52. The van der Waals surface area contributed by atoms with Crippen LogP contribution in [0.1, 0.15) is 11.1 Å². The lowest BCUT2D eigenvalue weighted by Gasteiger charge is -2.09. The molecular formula is C22H16BrNO. The Morgan fingerprint density at radius 2 is 1.60 bits per heavy atom. The number of benzene rings is 3. The van der Waals surface area contributed by atoms with E-state index in [1.807, 2.05) is 24.3 Å². The predicted octanol–water partition coefficient (Wildman–Crippen LogP) is 5.55. The van der Waals surface area contributed by atoms with E-state index in [0.717, 1.165) is 32.9 Å². The molecule has 0 radical (unpaired) electrons. The van der Waals surface area contributed by atoms with Crippen molar-refractivity contribution in [3.05, 3.63) is 105 Å². The number of nitrogens with one attached hydrogen (secondary N) is 1. The van der Waals surface area contributed by atoms with Gasteiger partial charge in [0.1, 0.15) is 0 Å². The van der Waals surface area contributed by atoms with Crippen LogP contribution in [0.25, 0.3) is 22.0 Å². The number of aromatic amines is 1. The van der Waals surface area contributed by atoms with Crippen molar-refractivity contribution in [3.8, 4) is 11.1 Å². The van der Waals surface area contributed by atoms with Gasteiger partial charge in [-0.25, -0.2) is 0 Å². The SMILES string of the molecule is O=c1cc(-c2cccc(Cc3ccccc3)c2)c2cc(Br)ccc2[nH]1. The molecule has 1 aromatic heterocycles. The number of hydrogen-bond donors (Lipinski definition) is 1. The molecule has 0 bridgehead atoms. The van der Waals surface area contributed by atoms with Crippen molar-refractivity contribution < 1.29 is 0 Å². The van der Waals surface area contributed by atoms with Crippen LogP contribution in [-0.4, -0.2) is 4.98 Å². The Morgan fingerprint density at radius 1 is 0.800 bits per heavy atom.